The van der Waals surface area contributed by atoms with Crippen molar-refractivity contribution >= 4 is 11.0 Å². The molecule has 5 heteroatoms. The Hall–Kier alpha value is -2.69. The van der Waals surface area contributed by atoms with Gasteiger partial charge in [0.05, 0.1) is 26.9 Å². The van der Waals surface area contributed by atoms with Crippen molar-refractivity contribution in [2.45, 2.75) is 0 Å². The SMILES string of the molecule is COc1cc(OC)c(-c2noc3ccccc23)cc1OC. The molecule has 3 rings (SSSR count). The molecule has 0 aliphatic rings. The normalized spacial score (nSPS) is 10.6. The summed E-state index contributed by atoms with van der Waals surface area (Å²) in [6.07, 6.45) is 0. The van der Waals surface area contributed by atoms with Gasteiger partial charge in [-0.3, -0.25) is 0 Å². The molecule has 1 aromatic heterocycles. The van der Waals surface area contributed by atoms with E-state index in [2.05, 4.69) is 5.16 Å². The van der Waals surface area contributed by atoms with Crippen molar-refractivity contribution in [2.75, 3.05) is 21.3 Å². The van der Waals surface area contributed by atoms with Gasteiger partial charge in [-0.15, -0.1) is 0 Å². The maximum atomic E-state index is 5.44. The smallest absolute Gasteiger partial charge is 0.167 e. The highest BCUT2D eigenvalue weighted by molar-refractivity contribution is 5.93. The monoisotopic (exact) mass is 285 g/mol. The molecule has 0 spiro atoms. The Bertz CT molecular complexity index is 779. The van der Waals surface area contributed by atoms with Crippen LogP contribution in [-0.4, -0.2) is 26.5 Å². The van der Waals surface area contributed by atoms with Crippen LogP contribution >= 0.6 is 0 Å². The van der Waals surface area contributed by atoms with Crippen molar-refractivity contribution in [3.8, 4) is 28.5 Å². The van der Waals surface area contributed by atoms with Crippen molar-refractivity contribution < 1.29 is 18.7 Å². The van der Waals surface area contributed by atoms with Crippen molar-refractivity contribution in [3.05, 3.63) is 36.4 Å². The minimum atomic E-state index is 0.603. The molecular weight excluding hydrogens is 270 g/mol. The zero-order chi connectivity index (χ0) is 14.8. The van der Waals surface area contributed by atoms with Crippen molar-refractivity contribution in [3.63, 3.8) is 0 Å². The first-order valence-electron chi connectivity index (χ1n) is 6.43. The number of ether oxygens (including phenoxy) is 3. The summed E-state index contributed by atoms with van der Waals surface area (Å²) in [5.41, 5.74) is 2.23. The number of para-hydroxylation sites is 1. The van der Waals surface area contributed by atoms with Crippen LogP contribution in [0.3, 0.4) is 0 Å². The van der Waals surface area contributed by atoms with Crippen LogP contribution in [0.5, 0.6) is 17.2 Å². The molecule has 0 unspecified atom stereocenters. The second kappa shape index (κ2) is 5.36. The summed E-state index contributed by atoms with van der Waals surface area (Å²) < 4.78 is 21.4. The number of fused-ring (bicyclic) bond motifs is 1. The van der Waals surface area contributed by atoms with E-state index in [1.807, 2.05) is 30.3 Å². The fraction of sp³-hybridized carbons (Fsp3) is 0.188. The van der Waals surface area contributed by atoms with Crippen molar-refractivity contribution in [2.24, 2.45) is 0 Å². The van der Waals surface area contributed by atoms with Gasteiger partial charge in [0.1, 0.15) is 11.4 Å². The van der Waals surface area contributed by atoms with Crippen LogP contribution in [0.4, 0.5) is 0 Å². The Morgan fingerprint density at radius 1 is 0.857 bits per heavy atom. The third-order valence-corrected chi connectivity index (χ3v) is 3.34. The van der Waals surface area contributed by atoms with Gasteiger partial charge in [0.25, 0.3) is 0 Å². The van der Waals surface area contributed by atoms with Crippen molar-refractivity contribution in [1.82, 2.24) is 5.16 Å². The van der Waals surface area contributed by atoms with Gasteiger partial charge in [-0.25, -0.2) is 0 Å². The predicted molar refractivity (Wildman–Crippen MR) is 79.1 cm³/mol. The number of aromatic nitrogens is 1. The largest absolute Gasteiger partial charge is 0.496 e. The summed E-state index contributed by atoms with van der Waals surface area (Å²) in [5.74, 6) is 1.86. The molecule has 1 heterocycles. The molecule has 0 radical (unpaired) electrons. The lowest BCUT2D eigenvalue weighted by Crippen LogP contribution is -1.95. The van der Waals surface area contributed by atoms with Crippen LogP contribution < -0.4 is 14.2 Å². The summed E-state index contributed by atoms with van der Waals surface area (Å²) in [6.45, 7) is 0. The predicted octanol–water partition coefficient (Wildman–Crippen LogP) is 3.52. The number of nitrogens with zero attached hydrogens (tertiary/aromatic N) is 1. The maximum absolute atomic E-state index is 5.44. The summed E-state index contributed by atoms with van der Waals surface area (Å²) in [5, 5.41) is 5.07. The zero-order valence-electron chi connectivity index (χ0n) is 12.0. The highest BCUT2D eigenvalue weighted by Gasteiger charge is 2.18. The molecule has 3 aromatic rings. The molecule has 0 aliphatic carbocycles. The Labute approximate surface area is 122 Å². The molecule has 5 nitrogen and oxygen atoms in total. The van der Waals surface area contributed by atoms with Crippen LogP contribution in [0, 0.1) is 0 Å². The zero-order valence-corrected chi connectivity index (χ0v) is 12.0. The quantitative estimate of drug-likeness (QED) is 0.734. The minimum absolute atomic E-state index is 0.603. The van der Waals surface area contributed by atoms with E-state index in [4.69, 9.17) is 18.7 Å². The Kier molecular flexibility index (Phi) is 3.39. The molecule has 0 N–H and O–H groups in total. The molecule has 0 bridgehead atoms. The van der Waals surface area contributed by atoms with Gasteiger partial charge >= 0.3 is 0 Å². The van der Waals surface area contributed by atoms with E-state index < -0.39 is 0 Å². The van der Waals surface area contributed by atoms with Crippen LogP contribution in [0.25, 0.3) is 22.2 Å². The van der Waals surface area contributed by atoms with E-state index in [9.17, 15) is 0 Å². The van der Waals surface area contributed by atoms with E-state index in [1.165, 1.54) is 0 Å². The maximum Gasteiger partial charge on any atom is 0.167 e. The molecule has 2 aromatic carbocycles. The first-order valence-corrected chi connectivity index (χ1v) is 6.43. The van der Waals surface area contributed by atoms with E-state index in [1.54, 1.807) is 27.4 Å². The third-order valence-electron chi connectivity index (χ3n) is 3.34. The topological polar surface area (TPSA) is 53.7 Å². The summed E-state index contributed by atoms with van der Waals surface area (Å²) in [6, 6.07) is 11.3. The Morgan fingerprint density at radius 2 is 1.52 bits per heavy atom. The van der Waals surface area contributed by atoms with Crippen LogP contribution in [0.1, 0.15) is 0 Å². The molecule has 0 saturated carbocycles. The standard InChI is InChI=1S/C16H15NO4/c1-18-13-9-15(20-3)14(19-2)8-11(13)16-10-6-4-5-7-12(10)21-17-16/h4-9H,1-3H3. The molecule has 0 aliphatic heterocycles. The molecule has 21 heavy (non-hydrogen) atoms. The molecule has 0 saturated heterocycles. The van der Waals surface area contributed by atoms with E-state index >= 15 is 0 Å². The highest BCUT2D eigenvalue weighted by Crippen LogP contribution is 2.41. The van der Waals surface area contributed by atoms with E-state index in [-0.39, 0.29) is 0 Å². The first kappa shape index (κ1) is 13.3. The second-order valence-corrected chi connectivity index (χ2v) is 4.43. The van der Waals surface area contributed by atoms with Gasteiger partial charge in [0.2, 0.25) is 0 Å². The van der Waals surface area contributed by atoms with Crippen LogP contribution in [0.2, 0.25) is 0 Å². The van der Waals surface area contributed by atoms with Gasteiger partial charge in [-0.2, -0.15) is 0 Å². The Balaban J connectivity index is 2.25. The lowest BCUT2D eigenvalue weighted by Gasteiger charge is -2.12. The molecule has 0 atom stereocenters. The number of rotatable bonds is 4. The van der Waals surface area contributed by atoms with Gasteiger partial charge < -0.3 is 18.7 Å². The lowest BCUT2D eigenvalue weighted by atomic mass is 10.1. The fourth-order valence-electron chi connectivity index (χ4n) is 2.29. The minimum Gasteiger partial charge on any atom is -0.496 e. The number of hydrogen-bond donors (Lipinski definition) is 0. The van der Waals surface area contributed by atoms with Gasteiger partial charge in [0, 0.05) is 11.5 Å². The summed E-state index contributed by atoms with van der Waals surface area (Å²) in [4.78, 5) is 0. The fourth-order valence-corrected chi connectivity index (χ4v) is 2.29. The first-order chi connectivity index (χ1) is 10.3. The van der Waals surface area contributed by atoms with Gasteiger partial charge in [0.15, 0.2) is 17.1 Å². The Morgan fingerprint density at radius 3 is 2.24 bits per heavy atom. The second-order valence-electron chi connectivity index (χ2n) is 4.43. The lowest BCUT2D eigenvalue weighted by molar-refractivity contribution is 0.349. The number of benzene rings is 2. The third kappa shape index (κ3) is 2.16. The summed E-state index contributed by atoms with van der Waals surface area (Å²) >= 11 is 0. The molecule has 0 fully saturated rings. The average molecular weight is 285 g/mol. The molecule has 0 amide bonds. The van der Waals surface area contributed by atoms with Crippen LogP contribution in [0.15, 0.2) is 40.9 Å². The highest BCUT2D eigenvalue weighted by atomic mass is 16.5. The van der Waals surface area contributed by atoms with E-state index in [0.29, 0.717) is 22.9 Å². The van der Waals surface area contributed by atoms with Gasteiger partial charge in [-0.1, -0.05) is 17.3 Å². The molecule has 108 valence electrons. The van der Waals surface area contributed by atoms with E-state index in [0.717, 1.165) is 16.5 Å². The average Bonchev–Trinajstić information content (AvgIpc) is 2.97. The van der Waals surface area contributed by atoms with Crippen molar-refractivity contribution in [1.29, 1.82) is 0 Å². The van der Waals surface area contributed by atoms with Crippen LogP contribution in [-0.2, 0) is 0 Å². The number of hydrogen-bond acceptors (Lipinski definition) is 5. The number of methoxy groups -OCH3 is 3. The van der Waals surface area contributed by atoms with Gasteiger partial charge in [-0.05, 0) is 18.2 Å². The molecular formula is C16H15NO4. The summed E-state index contributed by atoms with van der Waals surface area (Å²) in [7, 11) is 4.78.